The molecule has 3 amide bonds. The van der Waals surface area contributed by atoms with E-state index in [1.807, 2.05) is 18.2 Å². The van der Waals surface area contributed by atoms with Crippen LogP contribution in [0.5, 0.6) is 0 Å². The molecule has 1 aromatic carbocycles. The highest BCUT2D eigenvalue weighted by atomic mass is 16.5. The molecule has 9 heteroatoms. The van der Waals surface area contributed by atoms with Crippen molar-refractivity contribution in [3.8, 4) is 0 Å². The molecule has 34 heavy (non-hydrogen) atoms. The summed E-state index contributed by atoms with van der Waals surface area (Å²) in [5.74, 6) is -1.44. The summed E-state index contributed by atoms with van der Waals surface area (Å²) in [6.45, 7) is 4.98. The Kier molecular flexibility index (Phi) is 6.47. The monoisotopic (exact) mass is 469 g/mol. The van der Waals surface area contributed by atoms with E-state index < -0.39 is 23.3 Å². The van der Waals surface area contributed by atoms with Gasteiger partial charge in [-0.15, -0.1) is 0 Å². The van der Waals surface area contributed by atoms with Crippen molar-refractivity contribution in [1.82, 2.24) is 9.80 Å². The Morgan fingerprint density at radius 2 is 1.85 bits per heavy atom. The fourth-order valence-electron chi connectivity index (χ4n) is 5.07. The minimum atomic E-state index is -1.05. The molecule has 0 aliphatic carbocycles. The highest BCUT2D eigenvalue weighted by Crippen LogP contribution is 2.33. The number of likely N-dealkylation sites (tertiary alicyclic amines) is 1. The van der Waals surface area contributed by atoms with Crippen molar-refractivity contribution >= 4 is 35.7 Å². The van der Waals surface area contributed by atoms with Crippen LogP contribution in [0, 0.1) is 11.3 Å². The van der Waals surface area contributed by atoms with Crippen LogP contribution >= 0.6 is 0 Å². The summed E-state index contributed by atoms with van der Waals surface area (Å²) >= 11 is 0. The third-order valence-electron chi connectivity index (χ3n) is 7.17. The van der Waals surface area contributed by atoms with Gasteiger partial charge in [0.15, 0.2) is 0 Å². The molecule has 0 aromatic heterocycles. The number of esters is 1. The summed E-state index contributed by atoms with van der Waals surface area (Å²) in [6, 6.07) is 5.02. The van der Waals surface area contributed by atoms with E-state index in [1.54, 1.807) is 18.7 Å². The zero-order chi connectivity index (χ0) is 24.6. The molecule has 0 bridgehead atoms. The van der Waals surface area contributed by atoms with E-state index in [9.17, 15) is 24.0 Å². The van der Waals surface area contributed by atoms with Gasteiger partial charge in [0.1, 0.15) is 12.3 Å². The van der Waals surface area contributed by atoms with E-state index in [1.165, 1.54) is 7.11 Å². The van der Waals surface area contributed by atoms with E-state index >= 15 is 0 Å². The number of imide groups is 1. The standard InChI is InChI=1S/C25H31N3O6/c1-25(2,24(33)34-3)15-28-21(30)7-6-20(23(28)32)27-13-17-4-5-18(12-19(17)22(27)31)26-10-8-16(14-29)9-11-26/h4-5,12,14,16,20H,6-11,13,15H2,1-3H3. The molecule has 3 aliphatic rings. The maximum Gasteiger partial charge on any atom is 0.313 e. The maximum atomic E-state index is 13.3. The summed E-state index contributed by atoms with van der Waals surface area (Å²) < 4.78 is 4.81. The second-order valence-electron chi connectivity index (χ2n) is 9.98. The summed E-state index contributed by atoms with van der Waals surface area (Å²) in [5.41, 5.74) is 1.31. The molecule has 4 rings (SSSR count). The van der Waals surface area contributed by atoms with Crippen LogP contribution in [0.2, 0.25) is 0 Å². The molecule has 182 valence electrons. The Bertz CT molecular complexity index is 1030. The number of amides is 3. The minimum absolute atomic E-state index is 0.0925. The van der Waals surface area contributed by atoms with Crippen molar-refractivity contribution in [3.05, 3.63) is 29.3 Å². The second-order valence-corrected chi connectivity index (χ2v) is 9.98. The Morgan fingerprint density at radius 1 is 1.15 bits per heavy atom. The molecule has 2 saturated heterocycles. The van der Waals surface area contributed by atoms with Crippen molar-refractivity contribution in [2.75, 3.05) is 31.6 Å². The Hall–Kier alpha value is -3.23. The van der Waals surface area contributed by atoms with Crippen LogP contribution < -0.4 is 4.90 Å². The van der Waals surface area contributed by atoms with Gasteiger partial charge in [0.2, 0.25) is 5.91 Å². The molecule has 2 fully saturated rings. The fourth-order valence-corrected chi connectivity index (χ4v) is 5.07. The van der Waals surface area contributed by atoms with Gasteiger partial charge in [-0.2, -0.15) is 0 Å². The number of hydrogen-bond donors (Lipinski definition) is 0. The third kappa shape index (κ3) is 4.31. The molecular weight excluding hydrogens is 438 g/mol. The van der Waals surface area contributed by atoms with Gasteiger partial charge in [-0.1, -0.05) is 6.07 Å². The second kappa shape index (κ2) is 9.19. The number of carbonyl (C=O) groups is 5. The number of fused-ring (bicyclic) bond motifs is 1. The van der Waals surface area contributed by atoms with Crippen LogP contribution in [-0.2, 0) is 30.5 Å². The maximum absolute atomic E-state index is 13.3. The van der Waals surface area contributed by atoms with Crippen molar-refractivity contribution in [3.63, 3.8) is 0 Å². The van der Waals surface area contributed by atoms with Gasteiger partial charge in [0.25, 0.3) is 11.8 Å². The Labute approximate surface area is 199 Å². The van der Waals surface area contributed by atoms with E-state index in [2.05, 4.69) is 4.90 Å². The zero-order valence-electron chi connectivity index (χ0n) is 19.9. The normalized spacial score (nSPS) is 21.7. The largest absolute Gasteiger partial charge is 0.469 e. The molecule has 0 spiro atoms. The van der Waals surface area contributed by atoms with Crippen LogP contribution in [0.1, 0.15) is 55.5 Å². The number of carbonyl (C=O) groups excluding carboxylic acids is 5. The van der Waals surface area contributed by atoms with Crippen molar-refractivity contribution in [2.45, 2.75) is 52.1 Å². The molecule has 0 saturated carbocycles. The average molecular weight is 470 g/mol. The lowest BCUT2D eigenvalue weighted by Gasteiger charge is -2.38. The predicted octanol–water partition coefficient (Wildman–Crippen LogP) is 1.77. The Balaban J connectivity index is 1.50. The first kappa shape index (κ1) is 23.9. The molecular formula is C25H31N3O6. The SMILES string of the molecule is COC(=O)C(C)(C)CN1C(=O)CCC(N2Cc3ccc(N4CCC(C=O)CC4)cc3C2=O)C1=O. The molecule has 1 unspecified atom stereocenters. The summed E-state index contributed by atoms with van der Waals surface area (Å²) in [7, 11) is 1.27. The van der Waals surface area contributed by atoms with Gasteiger partial charge in [0.05, 0.1) is 12.5 Å². The number of benzene rings is 1. The van der Waals surface area contributed by atoms with Crippen LogP contribution in [-0.4, -0.2) is 72.6 Å². The first-order chi connectivity index (χ1) is 16.2. The molecule has 0 N–H and O–H groups in total. The summed E-state index contributed by atoms with van der Waals surface area (Å²) in [4.78, 5) is 67.1. The first-order valence-electron chi connectivity index (χ1n) is 11.7. The van der Waals surface area contributed by atoms with Gasteiger partial charge in [-0.05, 0) is 50.8 Å². The van der Waals surface area contributed by atoms with Crippen molar-refractivity contribution in [1.29, 1.82) is 0 Å². The Morgan fingerprint density at radius 3 is 2.50 bits per heavy atom. The van der Waals surface area contributed by atoms with Gasteiger partial charge in [-0.25, -0.2) is 0 Å². The zero-order valence-corrected chi connectivity index (χ0v) is 19.9. The van der Waals surface area contributed by atoms with Crippen molar-refractivity contribution < 1.29 is 28.7 Å². The predicted molar refractivity (Wildman–Crippen MR) is 123 cm³/mol. The molecule has 1 atom stereocenters. The van der Waals surface area contributed by atoms with Crippen LogP contribution in [0.25, 0.3) is 0 Å². The quantitative estimate of drug-likeness (QED) is 0.355. The highest BCUT2D eigenvalue weighted by Gasteiger charge is 2.45. The molecule has 3 heterocycles. The number of anilines is 1. The van der Waals surface area contributed by atoms with E-state index in [4.69, 9.17) is 4.74 Å². The lowest BCUT2D eigenvalue weighted by Crippen LogP contribution is -2.57. The van der Waals surface area contributed by atoms with E-state index in [0.717, 1.165) is 48.4 Å². The number of hydrogen-bond acceptors (Lipinski definition) is 7. The lowest BCUT2D eigenvalue weighted by atomic mass is 9.91. The highest BCUT2D eigenvalue weighted by molar-refractivity contribution is 6.06. The van der Waals surface area contributed by atoms with Crippen LogP contribution in [0.15, 0.2) is 18.2 Å². The number of piperidine rings is 2. The van der Waals surface area contributed by atoms with Gasteiger partial charge >= 0.3 is 5.97 Å². The minimum Gasteiger partial charge on any atom is -0.469 e. The number of aldehydes is 1. The number of rotatable bonds is 6. The van der Waals surface area contributed by atoms with Crippen LogP contribution in [0.4, 0.5) is 5.69 Å². The molecule has 3 aliphatic heterocycles. The smallest absolute Gasteiger partial charge is 0.313 e. The summed E-state index contributed by atoms with van der Waals surface area (Å²) in [6.07, 6.45) is 3.00. The molecule has 0 radical (unpaired) electrons. The fraction of sp³-hybridized carbons (Fsp3) is 0.560. The summed E-state index contributed by atoms with van der Waals surface area (Å²) in [5, 5.41) is 0. The topological polar surface area (TPSA) is 104 Å². The molecule has 1 aromatic rings. The number of nitrogens with zero attached hydrogens (tertiary/aromatic N) is 3. The van der Waals surface area contributed by atoms with E-state index in [-0.39, 0.29) is 37.1 Å². The average Bonchev–Trinajstić information content (AvgIpc) is 3.16. The number of ether oxygens (including phenoxy) is 1. The third-order valence-corrected chi connectivity index (χ3v) is 7.17. The first-order valence-corrected chi connectivity index (χ1v) is 11.7. The van der Waals surface area contributed by atoms with Gasteiger partial charge in [0, 0.05) is 49.8 Å². The van der Waals surface area contributed by atoms with Gasteiger partial charge < -0.3 is 19.3 Å². The van der Waals surface area contributed by atoms with Crippen molar-refractivity contribution in [2.24, 2.45) is 11.3 Å². The van der Waals surface area contributed by atoms with E-state index in [0.29, 0.717) is 12.1 Å². The number of methoxy groups -OCH3 is 1. The molecule has 9 nitrogen and oxygen atoms in total. The lowest BCUT2D eigenvalue weighted by molar-refractivity contribution is -0.159. The van der Waals surface area contributed by atoms with Gasteiger partial charge in [-0.3, -0.25) is 24.1 Å². The van der Waals surface area contributed by atoms with Crippen LogP contribution in [0.3, 0.4) is 0 Å².